The third-order valence-electron chi connectivity index (χ3n) is 5.88. The lowest BCUT2D eigenvalue weighted by Crippen LogP contribution is -2.30. The predicted octanol–water partition coefficient (Wildman–Crippen LogP) is 3.42. The standard InChI is InChI=1S/C25H32N6O/c1-18(2)15-20-6-8-21(9-7-20)17-30-12-10-23-28-29-24(31(23)14-13-30)19(3)27-25(32)22-5-4-11-26-16-22/h4-9,11,16,18-19H,10,12-15,17H2,1-3H3,(H,27,32)/t19-/m1/s1. The van der Waals surface area contributed by atoms with Gasteiger partial charge in [-0.25, -0.2) is 0 Å². The summed E-state index contributed by atoms with van der Waals surface area (Å²) in [4.78, 5) is 19.0. The summed E-state index contributed by atoms with van der Waals surface area (Å²) in [7, 11) is 0. The van der Waals surface area contributed by atoms with Crippen LogP contribution in [0.5, 0.6) is 0 Å². The maximum atomic E-state index is 12.5. The molecule has 3 aromatic rings. The quantitative estimate of drug-likeness (QED) is 0.619. The van der Waals surface area contributed by atoms with Crippen LogP contribution >= 0.6 is 0 Å². The molecule has 0 fully saturated rings. The Bertz CT molecular complexity index is 1030. The second kappa shape index (κ2) is 10.0. The number of rotatable bonds is 7. The fourth-order valence-electron chi connectivity index (χ4n) is 4.22. The molecule has 0 aliphatic carbocycles. The van der Waals surface area contributed by atoms with E-state index in [1.165, 1.54) is 11.1 Å². The highest BCUT2D eigenvalue weighted by Crippen LogP contribution is 2.18. The van der Waals surface area contributed by atoms with Crippen molar-refractivity contribution in [2.75, 3.05) is 13.1 Å². The molecule has 1 amide bonds. The molecule has 2 aromatic heterocycles. The molecule has 32 heavy (non-hydrogen) atoms. The van der Waals surface area contributed by atoms with Gasteiger partial charge < -0.3 is 9.88 Å². The van der Waals surface area contributed by atoms with E-state index in [0.717, 1.165) is 50.7 Å². The Morgan fingerprint density at radius 1 is 1.03 bits per heavy atom. The predicted molar refractivity (Wildman–Crippen MR) is 124 cm³/mol. The van der Waals surface area contributed by atoms with Gasteiger partial charge in [-0.3, -0.25) is 14.7 Å². The van der Waals surface area contributed by atoms with Crippen LogP contribution in [0.25, 0.3) is 0 Å². The number of carbonyl (C=O) groups is 1. The van der Waals surface area contributed by atoms with Crippen molar-refractivity contribution in [1.82, 2.24) is 30.0 Å². The van der Waals surface area contributed by atoms with Crippen molar-refractivity contribution in [1.29, 1.82) is 0 Å². The van der Waals surface area contributed by atoms with Crippen molar-refractivity contribution in [2.24, 2.45) is 5.92 Å². The zero-order chi connectivity index (χ0) is 22.5. The zero-order valence-electron chi connectivity index (χ0n) is 19.2. The molecule has 1 N–H and O–H groups in total. The molecule has 168 valence electrons. The van der Waals surface area contributed by atoms with Crippen molar-refractivity contribution < 1.29 is 4.79 Å². The minimum atomic E-state index is -0.232. The smallest absolute Gasteiger partial charge is 0.253 e. The summed E-state index contributed by atoms with van der Waals surface area (Å²) in [5.41, 5.74) is 3.28. The Labute approximate surface area is 189 Å². The molecule has 1 aromatic carbocycles. The lowest BCUT2D eigenvalue weighted by atomic mass is 10.0. The first-order chi connectivity index (χ1) is 15.5. The molecule has 0 spiro atoms. The first-order valence-corrected chi connectivity index (χ1v) is 11.4. The second-order valence-electron chi connectivity index (χ2n) is 9.00. The average molecular weight is 433 g/mol. The van der Waals surface area contributed by atoms with E-state index in [0.29, 0.717) is 11.5 Å². The highest BCUT2D eigenvalue weighted by molar-refractivity contribution is 5.94. The molecule has 7 nitrogen and oxygen atoms in total. The number of nitrogens with zero attached hydrogens (tertiary/aromatic N) is 5. The largest absolute Gasteiger partial charge is 0.342 e. The molecule has 1 atom stereocenters. The van der Waals surface area contributed by atoms with E-state index in [-0.39, 0.29) is 11.9 Å². The van der Waals surface area contributed by atoms with Crippen molar-refractivity contribution in [3.63, 3.8) is 0 Å². The van der Waals surface area contributed by atoms with E-state index in [1.54, 1.807) is 24.5 Å². The zero-order valence-corrected chi connectivity index (χ0v) is 19.2. The van der Waals surface area contributed by atoms with Crippen molar-refractivity contribution in [2.45, 2.75) is 52.7 Å². The van der Waals surface area contributed by atoms with E-state index in [2.05, 4.69) is 68.1 Å². The Morgan fingerprint density at radius 2 is 1.81 bits per heavy atom. The summed E-state index contributed by atoms with van der Waals surface area (Å²) < 4.78 is 2.17. The van der Waals surface area contributed by atoms with Crippen LogP contribution in [0.1, 0.15) is 59.9 Å². The van der Waals surface area contributed by atoms with Gasteiger partial charge in [-0.15, -0.1) is 10.2 Å². The van der Waals surface area contributed by atoms with Crippen LogP contribution < -0.4 is 5.32 Å². The highest BCUT2D eigenvalue weighted by Gasteiger charge is 2.23. The van der Waals surface area contributed by atoms with Gasteiger partial charge in [0.2, 0.25) is 0 Å². The number of hydrogen-bond acceptors (Lipinski definition) is 5. The summed E-state index contributed by atoms with van der Waals surface area (Å²) >= 11 is 0. The number of amides is 1. The van der Waals surface area contributed by atoms with Crippen LogP contribution in [-0.2, 0) is 25.9 Å². The number of fused-ring (bicyclic) bond motifs is 1. The Kier molecular flexibility index (Phi) is 6.95. The molecular weight excluding hydrogens is 400 g/mol. The number of carbonyl (C=O) groups excluding carboxylic acids is 1. The Hall–Kier alpha value is -3.06. The van der Waals surface area contributed by atoms with Crippen LogP contribution in [0.2, 0.25) is 0 Å². The van der Waals surface area contributed by atoms with Crippen molar-refractivity contribution in [3.8, 4) is 0 Å². The van der Waals surface area contributed by atoms with Crippen LogP contribution in [0, 0.1) is 5.92 Å². The number of pyridine rings is 1. The van der Waals surface area contributed by atoms with Gasteiger partial charge in [-0.05, 0) is 42.5 Å². The minimum absolute atomic E-state index is 0.154. The van der Waals surface area contributed by atoms with Gasteiger partial charge in [0.05, 0.1) is 11.6 Å². The first kappa shape index (κ1) is 22.1. The molecule has 0 unspecified atom stereocenters. The van der Waals surface area contributed by atoms with Crippen LogP contribution in [-0.4, -0.2) is 43.6 Å². The molecule has 3 heterocycles. The number of nitrogens with one attached hydrogen (secondary N) is 1. The molecule has 1 aliphatic rings. The Balaban J connectivity index is 1.37. The lowest BCUT2D eigenvalue weighted by molar-refractivity contribution is 0.0937. The number of benzene rings is 1. The third-order valence-corrected chi connectivity index (χ3v) is 5.88. The van der Waals surface area contributed by atoms with Crippen LogP contribution in [0.3, 0.4) is 0 Å². The second-order valence-corrected chi connectivity index (χ2v) is 9.00. The van der Waals surface area contributed by atoms with Crippen molar-refractivity contribution >= 4 is 5.91 Å². The molecule has 0 bridgehead atoms. The molecule has 1 aliphatic heterocycles. The monoisotopic (exact) mass is 432 g/mol. The normalized spacial score (nSPS) is 15.2. The molecule has 4 rings (SSSR count). The fourth-order valence-corrected chi connectivity index (χ4v) is 4.22. The molecule has 0 saturated carbocycles. The van der Waals surface area contributed by atoms with Gasteiger partial charge in [0.25, 0.3) is 5.91 Å². The summed E-state index contributed by atoms with van der Waals surface area (Å²) in [6.07, 6.45) is 5.20. The highest BCUT2D eigenvalue weighted by atomic mass is 16.1. The summed E-state index contributed by atoms with van der Waals surface area (Å²) in [5, 5.41) is 11.8. The van der Waals surface area contributed by atoms with Gasteiger partial charge in [0.15, 0.2) is 5.82 Å². The maximum absolute atomic E-state index is 12.5. The summed E-state index contributed by atoms with van der Waals surface area (Å²) in [6, 6.07) is 12.3. The van der Waals surface area contributed by atoms with Gasteiger partial charge >= 0.3 is 0 Å². The molecule has 7 heteroatoms. The third kappa shape index (κ3) is 5.40. The molecular formula is C25H32N6O. The number of hydrogen-bond donors (Lipinski definition) is 1. The first-order valence-electron chi connectivity index (χ1n) is 11.4. The minimum Gasteiger partial charge on any atom is -0.342 e. The topological polar surface area (TPSA) is 75.9 Å². The van der Waals surface area contributed by atoms with E-state index in [4.69, 9.17) is 0 Å². The van der Waals surface area contributed by atoms with E-state index < -0.39 is 0 Å². The summed E-state index contributed by atoms with van der Waals surface area (Å²) in [6.45, 7) is 10.1. The maximum Gasteiger partial charge on any atom is 0.253 e. The summed E-state index contributed by atoms with van der Waals surface area (Å²) in [5.74, 6) is 2.31. The molecule has 0 radical (unpaired) electrons. The van der Waals surface area contributed by atoms with E-state index in [1.807, 2.05) is 6.92 Å². The van der Waals surface area contributed by atoms with Gasteiger partial charge in [-0.1, -0.05) is 38.1 Å². The lowest BCUT2D eigenvalue weighted by Gasteiger charge is -2.20. The number of aromatic nitrogens is 4. The fraction of sp³-hybridized carbons (Fsp3) is 0.440. The molecule has 0 saturated heterocycles. The van der Waals surface area contributed by atoms with Crippen LogP contribution in [0.15, 0.2) is 48.8 Å². The average Bonchev–Trinajstić information content (AvgIpc) is 3.10. The SMILES string of the molecule is CC(C)Cc1ccc(CN2CCc3nnc([C@@H](C)NC(=O)c4cccnc4)n3CC2)cc1. The van der Waals surface area contributed by atoms with E-state index >= 15 is 0 Å². The Morgan fingerprint density at radius 3 is 2.53 bits per heavy atom. The van der Waals surface area contributed by atoms with Gasteiger partial charge in [-0.2, -0.15) is 0 Å². The van der Waals surface area contributed by atoms with Gasteiger partial charge in [0, 0.05) is 45.0 Å². The van der Waals surface area contributed by atoms with Crippen molar-refractivity contribution in [3.05, 3.63) is 77.1 Å². The van der Waals surface area contributed by atoms with Gasteiger partial charge in [0.1, 0.15) is 5.82 Å². The van der Waals surface area contributed by atoms with Crippen LogP contribution in [0.4, 0.5) is 0 Å². The van der Waals surface area contributed by atoms with E-state index in [9.17, 15) is 4.79 Å².